The predicted molar refractivity (Wildman–Crippen MR) is 0 cm³/mol. The quantitative estimate of drug-likeness (QED) is 0.415. The van der Waals surface area contributed by atoms with Gasteiger partial charge in [-0.05, 0) is 0 Å². The molecule has 0 nitrogen and oxygen atoms in total. The zero-order valence-corrected chi connectivity index (χ0v) is 8.73. The van der Waals surface area contributed by atoms with E-state index in [0.717, 1.165) is 0 Å². The van der Waals surface area contributed by atoms with Crippen LogP contribution in [0.4, 0.5) is 0 Å². The maximum atomic E-state index is 0. The summed E-state index contributed by atoms with van der Waals surface area (Å²) in [4.78, 5) is 0. The number of rotatable bonds is 0. The molecule has 0 aliphatic rings. The minimum atomic E-state index is 0. The van der Waals surface area contributed by atoms with Crippen LogP contribution in [-0.2, 0) is 34.1 Å². The van der Waals surface area contributed by atoms with E-state index in [2.05, 4.69) is 0 Å². The van der Waals surface area contributed by atoms with E-state index in [1.807, 2.05) is 0 Å². The van der Waals surface area contributed by atoms with E-state index in [-0.39, 0.29) is 96.2 Å². The molecule has 0 unspecified atom stereocenters. The van der Waals surface area contributed by atoms with Crippen LogP contribution in [0.3, 0.4) is 0 Å². The first kappa shape index (κ1) is 110. The zero-order chi connectivity index (χ0) is 0. The molecule has 50 valence electrons. The summed E-state index contributed by atoms with van der Waals surface area (Å²) in [6.07, 6.45) is 0. The maximum absolute atomic E-state index is 0. The SMILES string of the molecule is [Cl-].[Cl-].[Cl-].[Cl-].[Cl-].[Co+2].[Cr+3]. The van der Waals surface area contributed by atoms with Gasteiger partial charge in [0.1, 0.15) is 0 Å². The molecule has 0 amide bonds. The van der Waals surface area contributed by atoms with Crippen LogP contribution in [0.5, 0.6) is 0 Å². The summed E-state index contributed by atoms with van der Waals surface area (Å²) in [6, 6.07) is 0. The van der Waals surface area contributed by atoms with Crippen molar-refractivity contribution in [2.24, 2.45) is 0 Å². The molecule has 0 rings (SSSR count). The summed E-state index contributed by atoms with van der Waals surface area (Å²) < 4.78 is 0. The van der Waals surface area contributed by atoms with Crippen molar-refractivity contribution in [3.05, 3.63) is 0 Å². The molecule has 0 aromatic heterocycles. The van der Waals surface area contributed by atoms with E-state index in [9.17, 15) is 0 Å². The van der Waals surface area contributed by atoms with Crippen molar-refractivity contribution in [2.75, 3.05) is 0 Å². The molecule has 0 fully saturated rings. The predicted octanol–water partition coefficient (Wildman–Crippen LogP) is -15.0. The van der Waals surface area contributed by atoms with Crippen LogP contribution in [0, 0.1) is 0 Å². The number of hydrogen-bond acceptors (Lipinski definition) is 0. The average Bonchev–Trinajstić information content (AvgIpc) is 0. The van der Waals surface area contributed by atoms with Gasteiger partial charge in [-0.3, -0.25) is 0 Å². The van der Waals surface area contributed by atoms with E-state index in [4.69, 9.17) is 0 Å². The molecule has 0 N–H and O–H groups in total. The van der Waals surface area contributed by atoms with Crippen LogP contribution in [0.1, 0.15) is 0 Å². The van der Waals surface area contributed by atoms with E-state index < -0.39 is 0 Å². The third-order valence-corrected chi connectivity index (χ3v) is 0. The second kappa shape index (κ2) is 76.9. The van der Waals surface area contributed by atoms with Gasteiger partial charge in [-0.2, -0.15) is 0 Å². The average molecular weight is 288 g/mol. The topological polar surface area (TPSA) is 0 Å². The third kappa shape index (κ3) is 57.7. The molecule has 7 heavy (non-hydrogen) atoms. The van der Waals surface area contributed by atoms with Crippen LogP contribution in [0.2, 0.25) is 0 Å². The Balaban J connectivity index is 0. The first-order valence-electron chi connectivity index (χ1n) is 0. The van der Waals surface area contributed by atoms with E-state index in [1.165, 1.54) is 0 Å². The van der Waals surface area contributed by atoms with Crippen LogP contribution < -0.4 is 62.0 Å². The summed E-state index contributed by atoms with van der Waals surface area (Å²) in [5.41, 5.74) is 0. The van der Waals surface area contributed by atoms with Crippen molar-refractivity contribution in [3.63, 3.8) is 0 Å². The van der Waals surface area contributed by atoms with Crippen molar-refractivity contribution in [1.29, 1.82) is 0 Å². The molecule has 0 aromatic carbocycles. The first-order valence-corrected chi connectivity index (χ1v) is 0. The Morgan fingerprint density at radius 3 is 0.429 bits per heavy atom. The second-order valence-electron chi connectivity index (χ2n) is 0. The summed E-state index contributed by atoms with van der Waals surface area (Å²) in [7, 11) is 0. The second-order valence-corrected chi connectivity index (χ2v) is 0. The molecule has 0 aromatic rings. The number of halogens is 5. The van der Waals surface area contributed by atoms with Crippen LogP contribution in [0.15, 0.2) is 0 Å². The Kier molecular flexibility index (Phi) is 1210. The van der Waals surface area contributed by atoms with Gasteiger partial charge in [0.15, 0.2) is 0 Å². The molecule has 0 aliphatic carbocycles. The van der Waals surface area contributed by atoms with Gasteiger partial charge in [-0.15, -0.1) is 0 Å². The van der Waals surface area contributed by atoms with Crippen molar-refractivity contribution < 1.29 is 96.2 Å². The molecule has 0 bridgehead atoms. The number of hydrogen-bond donors (Lipinski definition) is 0. The zero-order valence-electron chi connectivity index (χ0n) is 2.63. The van der Waals surface area contributed by atoms with Gasteiger partial charge in [0.2, 0.25) is 0 Å². The molecule has 0 spiro atoms. The molecule has 7 heteroatoms. The molecule has 0 saturated heterocycles. The first-order chi connectivity index (χ1) is 0. The molecule has 2 radical (unpaired) electrons. The van der Waals surface area contributed by atoms with E-state index >= 15 is 0 Å². The normalized spacial score (nSPS) is 0. The van der Waals surface area contributed by atoms with Crippen LogP contribution in [0.25, 0.3) is 0 Å². The molecule has 0 atom stereocenters. The summed E-state index contributed by atoms with van der Waals surface area (Å²) in [5.74, 6) is 0. The van der Waals surface area contributed by atoms with Crippen LogP contribution >= 0.6 is 0 Å². The monoisotopic (exact) mass is 286 g/mol. The Hall–Kier alpha value is 2.49. The fourth-order valence-corrected chi connectivity index (χ4v) is 0. The van der Waals surface area contributed by atoms with Crippen molar-refractivity contribution in [3.8, 4) is 0 Å². The maximum Gasteiger partial charge on any atom is 3.00 e. The smallest absolute Gasteiger partial charge is 1.00 e. The molecule has 0 aliphatic heterocycles. The molecular weight excluding hydrogens is 288 g/mol. The minimum absolute atomic E-state index is 0. The summed E-state index contributed by atoms with van der Waals surface area (Å²) in [6.45, 7) is 0. The Bertz CT molecular complexity index is 8.04. The Morgan fingerprint density at radius 2 is 0.429 bits per heavy atom. The van der Waals surface area contributed by atoms with Gasteiger partial charge < -0.3 is 62.0 Å². The van der Waals surface area contributed by atoms with Crippen LogP contribution in [-0.4, -0.2) is 0 Å². The standard InChI is InChI=1S/5ClH.Co.Cr/h5*1H;;/q;;;;;+2;+3/p-5. The molecular formula is Cl5CoCr. The minimum Gasteiger partial charge on any atom is -1.00 e. The Morgan fingerprint density at radius 1 is 0.429 bits per heavy atom. The van der Waals surface area contributed by atoms with Gasteiger partial charge in [0, 0.05) is 0 Å². The third-order valence-electron chi connectivity index (χ3n) is 0. The summed E-state index contributed by atoms with van der Waals surface area (Å²) in [5, 5.41) is 0. The Labute approximate surface area is 95.3 Å². The largest absolute Gasteiger partial charge is 3.00 e. The van der Waals surface area contributed by atoms with E-state index in [0.29, 0.717) is 0 Å². The van der Waals surface area contributed by atoms with Gasteiger partial charge in [0.05, 0.1) is 0 Å². The van der Waals surface area contributed by atoms with Crippen molar-refractivity contribution >= 4 is 0 Å². The molecule has 0 heterocycles. The fourth-order valence-electron chi connectivity index (χ4n) is 0. The van der Waals surface area contributed by atoms with E-state index in [1.54, 1.807) is 0 Å². The van der Waals surface area contributed by atoms with Crippen molar-refractivity contribution in [2.45, 2.75) is 0 Å². The fraction of sp³-hybridized carbons (Fsp3) is 0. The molecule has 0 saturated carbocycles. The van der Waals surface area contributed by atoms with Gasteiger partial charge >= 0.3 is 34.1 Å². The summed E-state index contributed by atoms with van der Waals surface area (Å²) >= 11 is 0. The van der Waals surface area contributed by atoms with Gasteiger partial charge in [-0.25, -0.2) is 0 Å². The van der Waals surface area contributed by atoms with Gasteiger partial charge in [-0.1, -0.05) is 0 Å². The van der Waals surface area contributed by atoms with Crippen molar-refractivity contribution in [1.82, 2.24) is 0 Å². The van der Waals surface area contributed by atoms with Gasteiger partial charge in [0.25, 0.3) is 0 Å².